The van der Waals surface area contributed by atoms with Crippen LogP contribution in [0, 0.1) is 0 Å². The molecule has 1 aliphatic rings. The molecule has 0 bridgehead atoms. The van der Waals surface area contributed by atoms with Crippen molar-refractivity contribution in [2.24, 2.45) is 5.73 Å². The molecule has 1 aliphatic heterocycles. The Balaban J connectivity index is 1.75. The number of nitrogens with two attached hydrogens (primary N) is 1. The standard InChI is InChI=1S/C10H14N4S/c11-8-1-2-13(5-8)6-9-7-14-3-4-15-10(14)12-9/h3-4,7-8H,1-2,5-6,11H2/t8-/m0/s1. The van der Waals surface area contributed by atoms with Crippen LogP contribution in [0.1, 0.15) is 12.1 Å². The van der Waals surface area contributed by atoms with Gasteiger partial charge in [-0.3, -0.25) is 9.30 Å². The number of imidazole rings is 1. The summed E-state index contributed by atoms with van der Waals surface area (Å²) in [4.78, 5) is 8.01. The zero-order chi connectivity index (χ0) is 10.3. The van der Waals surface area contributed by atoms with Crippen LogP contribution >= 0.6 is 11.3 Å². The number of aromatic nitrogens is 2. The summed E-state index contributed by atoms with van der Waals surface area (Å²) in [6.45, 7) is 3.04. The number of hydrogen-bond acceptors (Lipinski definition) is 4. The second-order valence-corrected chi connectivity index (χ2v) is 4.98. The molecule has 15 heavy (non-hydrogen) atoms. The highest BCUT2D eigenvalue weighted by molar-refractivity contribution is 7.15. The summed E-state index contributed by atoms with van der Waals surface area (Å²) in [6, 6.07) is 0.355. The molecule has 5 heteroatoms. The van der Waals surface area contributed by atoms with Crippen LogP contribution in [0.3, 0.4) is 0 Å². The van der Waals surface area contributed by atoms with Crippen molar-refractivity contribution in [3.63, 3.8) is 0 Å². The number of hydrogen-bond donors (Lipinski definition) is 1. The minimum absolute atomic E-state index is 0.355. The van der Waals surface area contributed by atoms with Gasteiger partial charge in [-0.2, -0.15) is 0 Å². The van der Waals surface area contributed by atoms with Gasteiger partial charge in [0.15, 0.2) is 4.96 Å². The van der Waals surface area contributed by atoms with E-state index >= 15 is 0 Å². The maximum absolute atomic E-state index is 5.87. The molecule has 4 nitrogen and oxygen atoms in total. The molecule has 3 rings (SSSR count). The van der Waals surface area contributed by atoms with Gasteiger partial charge in [-0.05, 0) is 6.42 Å². The van der Waals surface area contributed by atoms with Crippen LogP contribution in [-0.4, -0.2) is 33.4 Å². The fourth-order valence-electron chi connectivity index (χ4n) is 2.09. The van der Waals surface area contributed by atoms with Crippen molar-refractivity contribution in [2.45, 2.75) is 19.0 Å². The lowest BCUT2D eigenvalue weighted by molar-refractivity contribution is 0.323. The van der Waals surface area contributed by atoms with E-state index in [1.165, 1.54) is 0 Å². The van der Waals surface area contributed by atoms with E-state index in [2.05, 4.69) is 25.9 Å². The minimum Gasteiger partial charge on any atom is -0.326 e. The first kappa shape index (κ1) is 9.33. The normalized spacial score (nSPS) is 22.9. The molecule has 2 N–H and O–H groups in total. The molecule has 2 aromatic heterocycles. The summed E-state index contributed by atoms with van der Waals surface area (Å²) in [5, 5.41) is 2.05. The average Bonchev–Trinajstić information content (AvgIpc) is 2.81. The molecule has 1 atom stereocenters. The molecule has 0 saturated carbocycles. The molecule has 0 aromatic carbocycles. The van der Waals surface area contributed by atoms with Crippen LogP contribution < -0.4 is 5.73 Å². The highest BCUT2D eigenvalue weighted by atomic mass is 32.1. The number of fused-ring (bicyclic) bond motifs is 1. The first-order valence-corrected chi connectivity index (χ1v) is 6.08. The van der Waals surface area contributed by atoms with E-state index < -0.39 is 0 Å². The lowest BCUT2D eigenvalue weighted by Gasteiger charge is -2.12. The van der Waals surface area contributed by atoms with Crippen LogP contribution in [0.5, 0.6) is 0 Å². The van der Waals surface area contributed by atoms with Gasteiger partial charge in [0.1, 0.15) is 0 Å². The molecular formula is C10H14N4S. The maximum Gasteiger partial charge on any atom is 0.193 e. The van der Waals surface area contributed by atoms with Gasteiger partial charge in [-0.15, -0.1) is 11.3 Å². The molecule has 0 unspecified atom stereocenters. The maximum atomic E-state index is 5.87. The molecule has 0 radical (unpaired) electrons. The van der Waals surface area contributed by atoms with Gasteiger partial charge in [0.05, 0.1) is 5.69 Å². The topological polar surface area (TPSA) is 46.6 Å². The predicted molar refractivity (Wildman–Crippen MR) is 60.9 cm³/mol. The predicted octanol–water partition coefficient (Wildman–Crippen LogP) is 0.929. The SMILES string of the molecule is N[C@H]1CCN(Cc2cn3ccsc3n2)C1. The summed E-state index contributed by atoms with van der Waals surface area (Å²) in [6.07, 6.45) is 5.27. The van der Waals surface area contributed by atoms with E-state index in [0.717, 1.165) is 36.7 Å². The van der Waals surface area contributed by atoms with Crippen LogP contribution in [0.25, 0.3) is 4.96 Å². The second-order valence-electron chi connectivity index (χ2n) is 4.11. The van der Waals surface area contributed by atoms with Gasteiger partial charge >= 0.3 is 0 Å². The summed E-state index contributed by atoms with van der Waals surface area (Å²) in [5.74, 6) is 0. The lowest BCUT2D eigenvalue weighted by Crippen LogP contribution is -2.26. The summed E-state index contributed by atoms with van der Waals surface area (Å²) in [5.41, 5.74) is 7.02. The summed E-state index contributed by atoms with van der Waals surface area (Å²) < 4.78 is 2.08. The van der Waals surface area contributed by atoms with E-state index in [1.54, 1.807) is 11.3 Å². The van der Waals surface area contributed by atoms with Crippen molar-refractivity contribution >= 4 is 16.3 Å². The van der Waals surface area contributed by atoms with E-state index in [0.29, 0.717) is 6.04 Å². The monoisotopic (exact) mass is 222 g/mol. The van der Waals surface area contributed by atoms with E-state index in [-0.39, 0.29) is 0 Å². The Morgan fingerprint density at radius 1 is 1.60 bits per heavy atom. The first-order valence-electron chi connectivity index (χ1n) is 5.20. The molecular weight excluding hydrogens is 208 g/mol. The molecule has 0 amide bonds. The van der Waals surface area contributed by atoms with Crippen molar-refractivity contribution in [3.8, 4) is 0 Å². The van der Waals surface area contributed by atoms with Crippen molar-refractivity contribution in [1.29, 1.82) is 0 Å². The largest absolute Gasteiger partial charge is 0.326 e. The Labute approximate surface area is 92.3 Å². The van der Waals surface area contributed by atoms with Crippen molar-refractivity contribution in [3.05, 3.63) is 23.5 Å². The third kappa shape index (κ3) is 1.78. The first-order chi connectivity index (χ1) is 7.31. The Morgan fingerprint density at radius 3 is 3.27 bits per heavy atom. The second kappa shape index (κ2) is 3.59. The average molecular weight is 222 g/mol. The van der Waals surface area contributed by atoms with Gasteiger partial charge in [-0.25, -0.2) is 4.98 Å². The van der Waals surface area contributed by atoms with Crippen LogP contribution in [0.4, 0.5) is 0 Å². The third-order valence-electron chi connectivity index (χ3n) is 2.84. The number of nitrogens with zero attached hydrogens (tertiary/aromatic N) is 3. The van der Waals surface area contributed by atoms with Crippen LogP contribution in [0.2, 0.25) is 0 Å². The van der Waals surface area contributed by atoms with Gasteiger partial charge in [-0.1, -0.05) is 0 Å². The molecule has 2 aromatic rings. The number of rotatable bonds is 2. The van der Waals surface area contributed by atoms with Gasteiger partial charge in [0.2, 0.25) is 0 Å². The molecule has 1 saturated heterocycles. The van der Waals surface area contributed by atoms with E-state index in [4.69, 9.17) is 5.73 Å². The van der Waals surface area contributed by atoms with Crippen molar-refractivity contribution in [2.75, 3.05) is 13.1 Å². The van der Waals surface area contributed by atoms with Crippen molar-refractivity contribution in [1.82, 2.24) is 14.3 Å². The van der Waals surface area contributed by atoms with Crippen molar-refractivity contribution < 1.29 is 0 Å². The summed E-state index contributed by atoms with van der Waals surface area (Å²) in [7, 11) is 0. The van der Waals surface area contributed by atoms with Crippen LogP contribution in [-0.2, 0) is 6.54 Å². The highest BCUT2D eigenvalue weighted by Gasteiger charge is 2.19. The van der Waals surface area contributed by atoms with Gasteiger partial charge in [0.25, 0.3) is 0 Å². The third-order valence-corrected chi connectivity index (χ3v) is 3.61. The van der Waals surface area contributed by atoms with Gasteiger partial charge in [0, 0.05) is 43.4 Å². The highest BCUT2D eigenvalue weighted by Crippen LogP contribution is 2.15. The Hall–Kier alpha value is -0.910. The van der Waals surface area contributed by atoms with Gasteiger partial charge < -0.3 is 5.73 Å². The zero-order valence-electron chi connectivity index (χ0n) is 8.47. The molecule has 1 fully saturated rings. The van der Waals surface area contributed by atoms with E-state index in [9.17, 15) is 0 Å². The molecule has 0 spiro atoms. The Bertz CT molecular complexity index is 432. The number of thiazole rings is 1. The molecule has 3 heterocycles. The van der Waals surface area contributed by atoms with E-state index in [1.807, 2.05) is 6.20 Å². The summed E-state index contributed by atoms with van der Waals surface area (Å²) >= 11 is 1.68. The number of likely N-dealkylation sites (tertiary alicyclic amines) is 1. The Kier molecular flexibility index (Phi) is 2.23. The lowest BCUT2D eigenvalue weighted by atomic mass is 10.3. The Morgan fingerprint density at radius 2 is 2.53 bits per heavy atom. The fourth-order valence-corrected chi connectivity index (χ4v) is 2.81. The molecule has 0 aliphatic carbocycles. The quantitative estimate of drug-likeness (QED) is 0.822. The molecule has 80 valence electrons. The fraction of sp³-hybridized carbons (Fsp3) is 0.500. The zero-order valence-corrected chi connectivity index (χ0v) is 9.28. The minimum atomic E-state index is 0.355. The van der Waals surface area contributed by atoms with Crippen LogP contribution in [0.15, 0.2) is 17.8 Å². The smallest absolute Gasteiger partial charge is 0.193 e.